The van der Waals surface area contributed by atoms with Crippen molar-refractivity contribution in [2.45, 2.75) is 6.42 Å². The molecule has 0 saturated heterocycles. The SMILES string of the molecule is CS/C=C/CCNC(=S)[S-]. The maximum atomic E-state index is 4.65. The number of thiocarbonyl (C=S) groups is 1. The summed E-state index contributed by atoms with van der Waals surface area (Å²) in [5, 5.41) is 4.94. The third kappa shape index (κ3) is 8.20. The average molecular weight is 192 g/mol. The van der Waals surface area contributed by atoms with E-state index in [9.17, 15) is 0 Å². The first-order chi connectivity index (χ1) is 4.77. The maximum Gasteiger partial charge on any atom is 0.0166 e. The molecule has 1 nitrogen and oxygen atoms in total. The molecule has 4 heteroatoms. The lowest BCUT2D eigenvalue weighted by molar-refractivity contribution is 0.910. The number of hydrogen-bond donors (Lipinski definition) is 1. The zero-order chi connectivity index (χ0) is 7.82. The van der Waals surface area contributed by atoms with E-state index in [4.69, 9.17) is 0 Å². The van der Waals surface area contributed by atoms with Crippen LogP contribution in [0, 0.1) is 0 Å². The lowest BCUT2D eigenvalue weighted by Gasteiger charge is -2.06. The molecule has 0 rings (SSSR count). The monoisotopic (exact) mass is 192 g/mol. The van der Waals surface area contributed by atoms with Gasteiger partial charge in [0.25, 0.3) is 0 Å². The normalized spacial score (nSPS) is 10.1. The van der Waals surface area contributed by atoms with Gasteiger partial charge in [-0.1, -0.05) is 10.4 Å². The van der Waals surface area contributed by atoms with E-state index in [1.165, 1.54) is 0 Å². The predicted octanol–water partition coefficient (Wildman–Crippen LogP) is 1.67. The molecule has 0 saturated carbocycles. The third-order valence-electron chi connectivity index (χ3n) is 0.813. The molecule has 1 N–H and O–H groups in total. The minimum Gasteiger partial charge on any atom is -0.412 e. The lowest BCUT2D eigenvalue weighted by atomic mass is 10.4. The highest BCUT2D eigenvalue weighted by Crippen LogP contribution is 1.93. The molecule has 0 amide bonds. The highest BCUT2D eigenvalue weighted by molar-refractivity contribution is 8.01. The van der Waals surface area contributed by atoms with Crippen LogP contribution in [0.3, 0.4) is 0 Å². The molecule has 0 heterocycles. The third-order valence-corrected chi connectivity index (χ3v) is 1.57. The van der Waals surface area contributed by atoms with Gasteiger partial charge >= 0.3 is 0 Å². The molecular weight excluding hydrogens is 182 g/mol. The van der Waals surface area contributed by atoms with Crippen molar-refractivity contribution in [3.63, 3.8) is 0 Å². The van der Waals surface area contributed by atoms with Crippen molar-refractivity contribution in [2.24, 2.45) is 0 Å². The second kappa shape index (κ2) is 7.31. The molecule has 0 aliphatic carbocycles. The van der Waals surface area contributed by atoms with Crippen LogP contribution in [0.5, 0.6) is 0 Å². The van der Waals surface area contributed by atoms with Gasteiger partial charge in [0.05, 0.1) is 0 Å². The number of hydrogen-bond acceptors (Lipinski definition) is 3. The molecule has 0 aliphatic heterocycles. The summed E-state index contributed by atoms with van der Waals surface area (Å²) in [6, 6.07) is 0. The molecule has 58 valence electrons. The van der Waals surface area contributed by atoms with E-state index in [1.54, 1.807) is 11.8 Å². The molecule has 0 bridgehead atoms. The zero-order valence-corrected chi connectivity index (χ0v) is 8.24. The molecule has 0 unspecified atom stereocenters. The number of nitrogens with one attached hydrogen (secondary N) is 1. The van der Waals surface area contributed by atoms with Crippen LogP contribution in [-0.4, -0.2) is 17.1 Å². The van der Waals surface area contributed by atoms with E-state index < -0.39 is 0 Å². The van der Waals surface area contributed by atoms with Crippen molar-refractivity contribution in [3.8, 4) is 0 Å². The van der Waals surface area contributed by atoms with Crippen molar-refractivity contribution in [2.75, 3.05) is 12.8 Å². The van der Waals surface area contributed by atoms with Gasteiger partial charge in [0, 0.05) is 6.54 Å². The quantitative estimate of drug-likeness (QED) is 0.413. The second-order valence-corrected chi connectivity index (χ2v) is 3.43. The Bertz CT molecular complexity index is 122. The van der Waals surface area contributed by atoms with Crippen LogP contribution in [0.1, 0.15) is 6.42 Å². The lowest BCUT2D eigenvalue weighted by Crippen LogP contribution is -2.19. The van der Waals surface area contributed by atoms with Crippen LogP contribution < -0.4 is 5.32 Å². The Morgan fingerprint density at radius 1 is 1.80 bits per heavy atom. The fraction of sp³-hybridized carbons (Fsp3) is 0.500. The van der Waals surface area contributed by atoms with Gasteiger partial charge in [-0.25, -0.2) is 0 Å². The molecule has 10 heavy (non-hydrogen) atoms. The Kier molecular flexibility index (Phi) is 7.45. The van der Waals surface area contributed by atoms with Crippen LogP contribution in [-0.2, 0) is 12.6 Å². The highest BCUT2D eigenvalue weighted by atomic mass is 32.2. The summed E-state index contributed by atoms with van der Waals surface area (Å²) in [4.78, 5) is 0. The summed E-state index contributed by atoms with van der Waals surface area (Å²) < 4.78 is 0.456. The van der Waals surface area contributed by atoms with Crippen molar-refractivity contribution in [1.82, 2.24) is 5.32 Å². The maximum absolute atomic E-state index is 4.65. The van der Waals surface area contributed by atoms with E-state index >= 15 is 0 Å². The van der Waals surface area contributed by atoms with E-state index in [-0.39, 0.29) is 0 Å². The minimum atomic E-state index is 0.456. The van der Waals surface area contributed by atoms with Gasteiger partial charge in [-0.2, -0.15) is 0 Å². The predicted molar refractivity (Wildman–Crippen MR) is 55.2 cm³/mol. The Hall–Kier alpha value is 0.200. The molecule has 0 aromatic carbocycles. The molecular formula is C6H10NS3-. The number of rotatable bonds is 4. The molecule has 0 aromatic rings. The standard InChI is InChI=1S/C6H11NS3/c1-10-5-3-2-4-7-6(8)9/h3,5H,2,4H2,1H3,(H2,7,8,9)/p-1/b5-3+. The first-order valence-corrected chi connectivity index (χ1v) is 5.00. The van der Waals surface area contributed by atoms with Crippen molar-refractivity contribution in [3.05, 3.63) is 11.5 Å². The molecule has 0 radical (unpaired) electrons. The average Bonchev–Trinajstić information content (AvgIpc) is 1.87. The van der Waals surface area contributed by atoms with Gasteiger partial charge in [0.15, 0.2) is 0 Å². The summed E-state index contributed by atoms with van der Waals surface area (Å²) in [7, 11) is 0. The molecule has 0 fully saturated rings. The Labute approximate surface area is 77.1 Å². The van der Waals surface area contributed by atoms with Gasteiger partial charge in [0.2, 0.25) is 0 Å². The summed E-state index contributed by atoms with van der Waals surface area (Å²) in [6.07, 6.45) is 5.10. The van der Waals surface area contributed by atoms with Gasteiger partial charge in [-0.15, -0.1) is 11.8 Å². The van der Waals surface area contributed by atoms with Crippen molar-refractivity contribution < 1.29 is 0 Å². The fourth-order valence-corrected chi connectivity index (χ4v) is 0.954. The first-order valence-electron chi connectivity index (χ1n) is 2.90. The van der Waals surface area contributed by atoms with Crippen LogP contribution in [0.4, 0.5) is 0 Å². The van der Waals surface area contributed by atoms with Crippen LogP contribution in [0.2, 0.25) is 0 Å². The van der Waals surface area contributed by atoms with Crippen LogP contribution in [0.15, 0.2) is 11.5 Å². The van der Waals surface area contributed by atoms with Gasteiger partial charge in [-0.3, -0.25) is 0 Å². The largest absolute Gasteiger partial charge is 0.412 e. The highest BCUT2D eigenvalue weighted by Gasteiger charge is 1.76. The van der Waals surface area contributed by atoms with Crippen molar-refractivity contribution in [1.29, 1.82) is 0 Å². The van der Waals surface area contributed by atoms with Gasteiger partial charge < -0.3 is 30.2 Å². The minimum absolute atomic E-state index is 0.456. The number of thioether (sulfide) groups is 1. The molecule has 0 aromatic heterocycles. The van der Waals surface area contributed by atoms with Gasteiger partial charge in [0.1, 0.15) is 0 Å². The molecule has 0 spiro atoms. The fourth-order valence-electron chi connectivity index (χ4n) is 0.422. The Morgan fingerprint density at radius 2 is 2.50 bits per heavy atom. The summed E-state index contributed by atoms with van der Waals surface area (Å²) >= 11 is 11.0. The Morgan fingerprint density at radius 3 is 3.00 bits per heavy atom. The Balaban J connectivity index is 3.05. The van der Waals surface area contributed by atoms with E-state index in [0.29, 0.717) is 4.32 Å². The van der Waals surface area contributed by atoms with E-state index in [1.807, 2.05) is 11.7 Å². The van der Waals surface area contributed by atoms with Crippen LogP contribution in [0.25, 0.3) is 0 Å². The van der Waals surface area contributed by atoms with Gasteiger partial charge in [-0.05, 0) is 18.1 Å². The molecule has 0 aliphatic rings. The smallest absolute Gasteiger partial charge is 0.0166 e. The first kappa shape index (κ1) is 10.2. The summed E-state index contributed by atoms with van der Waals surface area (Å²) in [5.41, 5.74) is 0. The zero-order valence-electron chi connectivity index (χ0n) is 5.79. The van der Waals surface area contributed by atoms with E-state index in [2.05, 4.69) is 36.2 Å². The summed E-state index contributed by atoms with van der Waals surface area (Å²) in [5.74, 6) is 0. The molecule has 0 atom stereocenters. The summed E-state index contributed by atoms with van der Waals surface area (Å²) in [6.45, 7) is 0.847. The van der Waals surface area contributed by atoms with Crippen molar-refractivity contribution >= 4 is 40.9 Å². The second-order valence-electron chi connectivity index (χ2n) is 1.61. The topological polar surface area (TPSA) is 12.0 Å². The van der Waals surface area contributed by atoms with Crippen LogP contribution >= 0.6 is 24.0 Å². The van der Waals surface area contributed by atoms with E-state index in [0.717, 1.165) is 13.0 Å².